The molecule has 8 heteroatoms. The second-order valence-electron chi connectivity index (χ2n) is 5.51. The van der Waals surface area contributed by atoms with Crippen molar-refractivity contribution >= 4 is 45.6 Å². The van der Waals surface area contributed by atoms with Crippen molar-refractivity contribution < 1.29 is 23.9 Å². The van der Waals surface area contributed by atoms with Gasteiger partial charge in [-0.1, -0.05) is 34.1 Å². The van der Waals surface area contributed by atoms with Crippen molar-refractivity contribution in [2.45, 2.75) is 0 Å². The first kappa shape index (κ1) is 18.7. The summed E-state index contributed by atoms with van der Waals surface area (Å²) in [5.41, 5.74) is 1.09. The number of carbonyl (C=O) groups is 3. The lowest BCUT2D eigenvalue weighted by atomic mass is 10.1. The zero-order valence-electron chi connectivity index (χ0n) is 14.3. The molecule has 1 fully saturated rings. The largest absolute Gasteiger partial charge is 0.481 e. The molecule has 0 radical (unpaired) electrons. The molecule has 0 aliphatic carbocycles. The molecule has 1 aliphatic heterocycles. The Morgan fingerprint density at radius 3 is 2.63 bits per heavy atom. The molecule has 27 heavy (non-hydrogen) atoms. The molecule has 1 saturated heterocycles. The Kier molecular flexibility index (Phi) is 5.56. The number of para-hydroxylation sites is 1. The summed E-state index contributed by atoms with van der Waals surface area (Å²) in [6, 6.07) is 13.2. The molecule has 0 spiro atoms. The van der Waals surface area contributed by atoms with Gasteiger partial charge in [-0.3, -0.25) is 4.79 Å². The molecule has 0 unspecified atom stereocenters. The maximum atomic E-state index is 12.7. The van der Waals surface area contributed by atoms with Gasteiger partial charge in [0.15, 0.2) is 6.61 Å². The molecule has 2 aromatic carbocycles. The van der Waals surface area contributed by atoms with Crippen LogP contribution in [0.4, 0.5) is 10.5 Å². The van der Waals surface area contributed by atoms with Gasteiger partial charge in [0, 0.05) is 10.0 Å². The zero-order chi connectivity index (χ0) is 19.4. The number of ether oxygens (including phenoxy) is 2. The van der Waals surface area contributed by atoms with Crippen LogP contribution in [0.25, 0.3) is 6.08 Å². The van der Waals surface area contributed by atoms with Crippen LogP contribution >= 0.6 is 15.9 Å². The minimum atomic E-state index is -0.538. The van der Waals surface area contributed by atoms with Gasteiger partial charge in [0.1, 0.15) is 11.4 Å². The molecular formula is C19H15BrN2O5. The Hall–Kier alpha value is -3.13. The number of halogens is 1. The SMILES string of the molecule is COC(=O)COc1ccc(Br)cc1C=C1NC(=O)N(c2ccccc2)C1=O. The number of methoxy groups -OCH3 is 1. The minimum absolute atomic E-state index is 0.102. The first-order valence-electron chi connectivity index (χ1n) is 7.91. The molecule has 0 aromatic heterocycles. The van der Waals surface area contributed by atoms with Gasteiger partial charge in [-0.2, -0.15) is 0 Å². The van der Waals surface area contributed by atoms with E-state index in [0.29, 0.717) is 17.0 Å². The van der Waals surface area contributed by atoms with Crippen LogP contribution in [-0.4, -0.2) is 31.6 Å². The lowest BCUT2D eigenvalue weighted by Gasteiger charge is -2.11. The normalized spacial score (nSPS) is 15.0. The number of anilines is 1. The van der Waals surface area contributed by atoms with Crippen LogP contribution in [0.1, 0.15) is 5.56 Å². The number of amides is 3. The monoisotopic (exact) mass is 430 g/mol. The Labute approximate surface area is 163 Å². The molecule has 138 valence electrons. The highest BCUT2D eigenvalue weighted by Crippen LogP contribution is 2.28. The van der Waals surface area contributed by atoms with Crippen LogP contribution in [0.15, 0.2) is 58.7 Å². The fourth-order valence-electron chi connectivity index (χ4n) is 2.46. The second kappa shape index (κ2) is 8.05. The summed E-state index contributed by atoms with van der Waals surface area (Å²) in [5, 5.41) is 2.56. The van der Waals surface area contributed by atoms with Gasteiger partial charge in [-0.15, -0.1) is 0 Å². The van der Waals surface area contributed by atoms with Gasteiger partial charge in [0.05, 0.1) is 12.8 Å². The van der Waals surface area contributed by atoms with E-state index in [1.165, 1.54) is 13.2 Å². The van der Waals surface area contributed by atoms with Crippen LogP contribution in [0.2, 0.25) is 0 Å². The van der Waals surface area contributed by atoms with Gasteiger partial charge in [0.2, 0.25) is 0 Å². The van der Waals surface area contributed by atoms with Gasteiger partial charge in [0.25, 0.3) is 5.91 Å². The summed E-state index contributed by atoms with van der Waals surface area (Å²) in [6.07, 6.45) is 1.50. The summed E-state index contributed by atoms with van der Waals surface area (Å²) in [5.74, 6) is -0.640. The first-order valence-corrected chi connectivity index (χ1v) is 8.70. The third kappa shape index (κ3) is 4.17. The van der Waals surface area contributed by atoms with E-state index in [-0.39, 0.29) is 12.3 Å². The summed E-state index contributed by atoms with van der Waals surface area (Å²) in [7, 11) is 1.26. The Balaban J connectivity index is 1.90. The smallest absolute Gasteiger partial charge is 0.343 e. The van der Waals surface area contributed by atoms with Gasteiger partial charge >= 0.3 is 12.0 Å². The molecule has 2 aromatic rings. The average molecular weight is 431 g/mol. The van der Waals surface area contributed by atoms with E-state index in [1.54, 1.807) is 48.5 Å². The maximum Gasteiger partial charge on any atom is 0.343 e. The molecule has 0 bridgehead atoms. The molecule has 3 amide bonds. The Bertz CT molecular complexity index is 927. The lowest BCUT2D eigenvalue weighted by Crippen LogP contribution is -2.30. The molecule has 3 rings (SSSR count). The van der Waals surface area contributed by atoms with Crippen molar-refractivity contribution in [2.24, 2.45) is 0 Å². The Morgan fingerprint density at radius 1 is 1.19 bits per heavy atom. The zero-order valence-corrected chi connectivity index (χ0v) is 15.9. The number of nitrogens with zero attached hydrogens (tertiary/aromatic N) is 1. The number of benzene rings is 2. The van der Waals surface area contributed by atoms with Crippen molar-refractivity contribution in [3.05, 3.63) is 64.3 Å². The van der Waals surface area contributed by atoms with Crippen LogP contribution in [0, 0.1) is 0 Å². The summed E-state index contributed by atoms with van der Waals surface area (Å²) >= 11 is 3.36. The van der Waals surface area contributed by atoms with Crippen LogP contribution < -0.4 is 15.0 Å². The van der Waals surface area contributed by atoms with E-state index >= 15 is 0 Å². The van der Waals surface area contributed by atoms with E-state index in [2.05, 4.69) is 26.0 Å². The van der Waals surface area contributed by atoms with Gasteiger partial charge in [-0.25, -0.2) is 14.5 Å². The van der Waals surface area contributed by atoms with Crippen LogP contribution in [0.3, 0.4) is 0 Å². The number of imide groups is 1. The second-order valence-corrected chi connectivity index (χ2v) is 6.43. The standard InChI is InChI=1S/C19H15BrN2O5/c1-26-17(23)11-27-16-8-7-13(20)9-12(16)10-15-18(24)22(19(25)21-15)14-5-3-2-4-6-14/h2-10H,11H2,1H3,(H,21,25). The molecule has 0 saturated carbocycles. The van der Waals surface area contributed by atoms with E-state index in [0.717, 1.165) is 9.37 Å². The quantitative estimate of drug-likeness (QED) is 0.447. The number of hydrogen-bond acceptors (Lipinski definition) is 5. The van der Waals surface area contributed by atoms with E-state index in [4.69, 9.17) is 4.74 Å². The number of urea groups is 1. The number of nitrogens with one attached hydrogen (secondary N) is 1. The van der Waals surface area contributed by atoms with Gasteiger partial charge < -0.3 is 14.8 Å². The van der Waals surface area contributed by atoms with E-state index in [1.807, 2.05) is 0 Å². The van der Waals surface area contributed by atoms with Crippen LogP contribution in [0.5, 0.6) is 5.75 Å². The van der Waals surface area contributed by atoms with Crippen molar-refractivity contribution in [3.8, 4) is 5.75 Å². The topological polar surface area (TPSA) is 84.9 Å². The molecule has 1 aliphatic rings. The molecule has 1 N–H and O–H groups in total. The summed E-state index contributed by atoms with van der Waals surface area (Å²) in [4.78, 5) is 37.3. The van der Waals surface area contributed by atoms with Crippen LogP contribution in [-0.2, 0) is 14.3 Å². The molecule has 7 nitrogen and oxygen atoms in total. The third-order valence-electron chi connectivity index (χ3n) is 3.74. The highest BCUT2D eigenvalue weighted by molar-refractivity contribution is 9.10. The highest BCUT2D eigenvalue weighted by Gasteiger charge is 2.34. The van der Waals surface area contributed by atoms with Crippen molar-refractivity contribution in [1.82, 2.24) is 5.32 Å². The molecular weight excluding hydrogens is 416 g/mol. The Morgan fingerprint density at radius 2 is 1.93 bits per heavy atom. The van der Waals surface area contributed by atoms with Crippen molar-refractivity contribution in [1.29, 1.82) is 0 Å². The highest BCUT2D eigenvalue weighted by atomic mass is 79.9. The van der Waals surface area contributed by atoms with Gasteiger partial charge in [-0.05, 0) is 36.4 Å². The average Bonchev–Trinajstić information content (AvgIpc) is 2.94. The van der Waals surface area contributed by atoms with Crippen molar-refractivity contribution in [3.63, 3.8) is 0 Å². The fraction of sp³-hybridized carbons (Fsp3) is 0.105. The molecule has 1 heterocycles. The fourth-order valence-corrected chi connectivity index (χ4v) is 2.84. The summed E-state index contributed by atoms with van der Waals surface area (Å²) < 4.78 is 10.8. The number of rotatable bonds is 5. The number of carbonyl (C=O) groups excluding carboxylic acids is 3. The van der Waals surface area contributed by atoms with Crippen molar-refractivity contribution in [2.75, 3.05) is 18.6 Å². The summed E-state index contributed by atoms with van der Waals surface area (Å²) in [6.45, 7) is -0.273. The predicted molar refractivity (Wildman–Crippen MR) is 102 cm³/mol. The third-order valence-corrected chi connectivity index (χ3v) is 4.23. The first-order chi connectivity index (χ1) is 13.0. The lowest BCUT2D eigenvalue weighted by molar-refractivity contribution is -0.142. The number of esters is 1. The maximum absolute atomic E-state index is 12.7. The minimum Gasteiger partial charge on any atom is -0.481 e. The predicted octanol–water partition coefficient (Wildman–Crippen LogP) is 3.10. The molecule has 0 atom stereocenters. The number of hydrogen-bond donors (Lipinski definition) is 1. The van der Waals surface area contributed by atoms with E-state index < -0.39 is 17.9 Å². The van der Waals surface area contributed by atoms with E-state index in [9.17, 15) is 14.4 Å².